The predicted octanol–water partition coefficient (Wildman–Crippen LogP) is 1.37. The zero-order valence-electron chi connectivity index (χ0n) is 16.1. The third-order valence-electron chi connectivity index (χ3n) is 4.04. The molecule has 0 saturated heterocycles. The quantitative estimate of drug-likeness (QED) is 0.716. The van der Waals surface area contributed by atoms with Crippen LogP contribution in [0.1, 0.15) is 13.8 Å². The molecule has 1 aromatic carbocycles. The summed E-state index contributed by atoms with van der Waals surface area (Å²) in [6.45, 7) is 3.12. The van der Waals surface area contributed by atoms with E-state index in [1.54, 1.807) is 13.8 Å². The van der Waals surface area contributed by atoms with E-state index in [1.165, 1.54) is 44.6 Å². The summed E-state index contributed by atoms with van der Waals surface area (Å²) in [6, 6.07) is 5.77. The summed E-state index contributed by atoms with van der Waals surface area (Å²) < 4.78 is 24.2. The Labute approximate surface area is 161 Å². The molecule has 1 amide bonds. The van der Waals surface area contributed by atoms with Crippen LogP contribution in [0.3, 0.4) is 0 Å². The lowest BCUT2D eigenvalue weighted by Gasteiger charge is -2.20. The number of hydrogen-bond donors (Lipinski definition) is 1. The Morgan fingerprint density at radius 3 is 2.54 bits per heavy atom. The molecule has 0 spiro atoms. The maximum absolute atomic E-state index is 13.4. The SMILES string of the molecule is COC(=O)[C@@H](NC(=O)Cn1nc(-c2ccc(F)cc2OC)ccc1=O)C(C)C. The van der Waals surface area contributed by atoms with E-state index in [-0.39, 0.29) is 11.7 Å². The van der Waals surface area contributed by atoms with Crippen molar-refractivity contribution in [1.82, 2.24) is 15.1 Å². The number of nitrogens with zero attached hydrogens (tertiary/aromatic N) is 2. The monoisotopic (exact) mass is 391 g/mol. The van der Waals surface area contributed by atoms with Gasteiger partial charge < -0.3 is 14.8 Å². The topological polar surface area (TPSA) is 99.5 Å². The minimum atomic E-state index is -0.839. The maximum Gasteiger partial charge on any atom is 0.328 e. The molecule has 28 heavy (non-hydrogen) atoms. The van der Waals surface area contributed by atoms with Crippen molar-refractivity contribution in [3.63, 3.8) is 0 Å². The van der Waals surface area contributed by atoms with Crippen molar-refractivity contribution in [2.45, 2.75) is 26.4 Å². The van der Waals surface area contributed by atoms with Gasteiger partial charge in [-0.05, 0) is 24.1 Å². The van der Waals surface area contributed by atoms with Gasteiger partial charge in [-0.3, -0.25) is 9.59 Å². The Morgan fingerprint density at radius 1 is 1.21 bits per heavy atom. The summed E-state index contributed by atoms with van der Waals surface area (Å²) in [5.74, 6) is -1.57. The fraction of sp³-hybridized carbons (Fsp3) is 0.368. The summed E-state index contributed by atoms with van der Waals surface area (Å²) in [4.78, 5) is 36.2. The third-order valence-corrected chi connectivity index (χ3v) is 4.04. The largest absolute Gasteiger partial charge is 0.496 e. The average Bonchev–Trinajstić information content (AvgIpc) is 2.67. The molecule has 1 N–H and O–H groups in total. The number of halogens is 1. The lowest BCUT2D eigenvalue weighted by Crippen LogP contribution is -2.47. The molecule has 8 nitrogen and oxygen atoms in total. The number of ether oxygens (including phenoxy) is 2. The van der Waals surface area contributed by atoms with E-state index in [1.807, 2.05) is 0 Å². The molecule has 0 aliphatic carbocycles. The fourth-order valence-electron chi connectivity index (χ4n) is 2.56. The van der Waals surface area contributed by atoms with Gasteiger partial charge in [0.05, 0.1) is 19.9 Å². The number of esters is 1. The number of nitrogens with one attached hydrogen (secondary N) is 1. The van der Waals surface area contributed by atoms with Crippen molar-refractivity contribution < 1.29 is 23.5 Å². The van der Waals surface area contributed by atoms with Crippen LogP contribution < -0.4 is 15.6 Å². The van der Waals surface area contributed by atoms with Gasteiger partial charge in [-0.2, -0.15) is 5.10 Å². The van der Waals surface area contributed by atoms with Gasteiger partial charge in [-0.25, -0.2) is 13.9 Å². The first-order valence-corrected chi connectivity index (χ1v) is 8.56. The van der Waals surface area contributed by atoms with Crippen LogP contribution in [0.25, 0.3) is 11.3 Å². The van der Waals surface area contributed by atoms with Crippen LogP contribution >= 0.6 is 0 Å². The van der Waals surface area contributed by atoms with E-state index in [4.69, 9.17) is 4.74 Å². The Bertz CT molecular complexity index is 926. The minimum Gasteiger partial charge on any atom is -0.496 e. The lowest BCUT2D eigenvalue weighted by atomic mass is 10.0. The third kappa shape index (κ3) is 4.93. The molecule has 0 fully saturated rings. The van der Waals surface area contributed by atoms with Crippen molar-refractivity contribution in [2.24, 2.45) is 5.92 Å². The van der Waals surface area contributed by atoms with Gasteiger partial charge >= 0.3 is 5.97 Å². The summed E-state index contributed by atoms with van der Waals surface area (Å²) in [6.07, 6.45) is 0. The van der Waals surface area contributed by atoms with Crippen LogP contribution in [0, 0.1) is 11.7 Å². The first-order chi connectivity index (χ1) is 13.3. The van der Waals surface area contributed by atoms with Crippen molar-refractivity contribution >= 4 is 11.9 Å². The number of aromatic nitrogens is 2. The number of benzene rings is 1. The van der Waals surface area contributed by atoms with Gasteiger partial charge in [0.2, 0.25) is 5.91 Å². The Balaban J connectivity index is 2.28. The predicted molar refractivity (Wildman–Crippen MR) is 99.2 cm³/mol. The molecule has 0 radical (unpaired) electrons. The second-order valence-electron chi connectivity index (χ2n) is 6.37. The molecule has 2 aromatic rings. The molecular weight excluding hydrogens is 369 g/mol. The van der Waals surface area contributed by atoms with E-state index < -0.39 is 35.8 Å². The van der Waals surface area contributed by atoms with Crippen LogP contribution in [0.4, 0.5) is 4.39 Å². The first-order valence-electron chi connectivity index (χ1n) is 8.56. The Hall–Kier alpha value is -3.23. The van der Waals surface area contributed by atoms with Crippen LogP contribution in [-0.2, 0) is 20.9 Å². The molecule has 0 aliphatic heterocycles. The van der Waals surface area contributed by atoms with Crippen LogP contribution in [0.2, 0.25) is 0 Å². The highest BCUT2D eigenvalue weighted by Gasteiger charge is 2.25. The normalized spacial score (nSPS) is 11.8. The smallest absolute Gasteiger partial charge is 0.328 e. The molecule has 9 heteroatoms. The van der Waals surface area contributed by atoms with Crippen LogP contribution in [-0.4, -0.2) is 41.9 Å². The van der Waals surface area contributed by atoms with E-state index >= 15 is 0 Å². The highest BCUT2D eigenvalue weighted by molar-refractivity contribution is 5.84. The van der Waals surface area contributed by atoms with Crippen molar-refractivity contribution in [1.29, 1.82) is 0 Å². The van der Waals surface area contributed by atoms with E-state index in [0.29, 0.717) is 11.3 Å². The molecule has 0 unspecified atom stereocenters. The second-order valence-corrected chi connectivity index (χ2v) is 6.37. The van der Waals surface area contributed by atoms with Gasteiger partial charge in [0.25, 0.3) is 5.56 Å². The number of hydrogen-bond acceptors (Lipinski definition) is 6. The zero-order valence-corrected chi connectivity index (χ0v) is 16.1. The first kappa shape index (κ1) is 21.1. The van der Waals surface area contributed by atoms with Crippen molar-refractivity contribution in [3.8, 4) is 17.0 Å². The van der Waals surface area contributed by atoms with Crippen LogP contribution in [0.15, 0.2) is 35.1 Å². The van der Waals surface area contributed by atoms with Gasteiger partial charge in [-0.15, -0.1) is 0 Å². The van der Waals surface area contributed by atoms with Crippen LogP contribution in [0.5, 0.6) is 5.75 Å². The molecule has 0 bridgehead atoms. The Kier molecular flexibility index (Phi) is 6.86. The van der Waals surface area contributed by atoms with E-state index in [9.17, 15) is 18.8 Å². The second kappa shape index (κ2) is 9.12. The van der Waals surface area contributed by atoms with Crippen molar-refractivity contribution in [2.75, 3.05) is 14.2 Å². The molecule has 2 rings (SSSR count). The van der Waals surface area contributed by atoms with Gasteiger partial charge in [0, 0.05) is 17.7 Å². The lowest BCUT2D eigenvalue weighted by molar-refractivity contribution is -0.146. The zero-order chi connectivity index (χ0) is 20.8. The summed E-state index contributed by atoms with van der Waals surface area (Å²) in [7, 11) is 2.62. The summed E-state index contributed by atoms with van der Waals surface area (Å²) in [5, 5.41) is 6.71. The molecule has 1 atom stereocenters. The molecule has 0 aliphatic rings. The van der Waals surface area contributed by atoms with E-state index in [2.05, 4.69) is 15.2 Å². The Morgan fingerprint density at radius 2 is 1.93 bits per heavy atom. The number of rotatable bonds is 7. The van der Waals surface area contributed by atoms with Gasteiger partial charge in [0.15, 0.2) is 0 Å². The number of carbonyl (C=O) groups is 2. The van der Waals surface area contributed by atoms with Gasteiger partial charge in [-0.1, -0.05) is 13.8 Å². The fourth-order valence-corrected chi connectivity index (χ4v) is 2.56. The van der Waals surface area contributed by atoms with E-state index in [0.717, 1.165) is 4.68 Å². The number of amides is 1. The number of carbonyl (C=O) groups excluding carboxylic acids is 2. The molecule has 1 aromatic heterocycles. The van der Waals surface area contributed by atoms with Gasteiger partial charge in [0.1, 0.15) is 24.2 Å². The molecule has 0 saturated carbocycles. The number of methoxy groups -OCH3 is 2. The van der Waals surface area contributed by atoms with Crippen molar-refractivity contribution in [3.05, 3.63) is 46.5 Å². The molecule has 1 heterocycles. The summed E-state index contributed by atoms with van der Waals surface area (Å²) >= 11 is 0. The molecular formula is C19H22FN3O5. The molecule has 150 valence electrons. The maximum atomic E-state index is 13.4. The highest BCUT2D eigenvalue weighted by atomic mass is 19.1. The minimum absolute atomic E-state index is 0.198. The highest BCUT2D eigenvalue weighted by Crippen LogP contribution is 2.28. The summed E-state index contributed by atoms with van der Waals surface area (Å²) in [5.41, 5.74) is 0.296. The standard InChI is InChI=1S/C19H22FN3O5/c1-11(2)18(19(26)28-4)21-16(24)10-23-17(25)8-7-14(22-23)13-6-5-12(20)9-15(13)27-3/h5-9,11,18H,10H2,1-4H3,(H,21,24)/t18-/m0/s1. The average molecular weight is 391 g/mol.